The summed E-state index contributed by atoms with van der Waals surface area (Å²) in [5.41, 5.74) is 6.63. The lowest BCUT2D eigenvalue weighted by atomic mass is 9.85. The number of aromatic nitrogens is 1. The molecule has 1 aromatic heterocycles. The summed E-state index contributed by atoms with van der Waals surface area (Å²) in [6.45, 7) is 0. The zero-order chi connectivity index (χ0) is 14.7. The maximum atomic E-state index is 12.9. The highest BCUT2D eigenvalue weighted by molar-refractivity contribution is 6.31. The predicted molar refractivity (Wildman–Crippen MR) is 88.4 cm³/mol. The molecule has 1 heterocycles. The van der Waals surface area contributed by atoms with E-state index in [4.69, 9.17) is 0 Å². The molecule has 2 aromatic carbocycles. The molecule has 5 rings (SSSR count). The van der Waals surface area contributed by atoms with Gasteiger partial charge in [0, 0.05) is 28.3 Å². The lowest BCUT2D eigenvalue weighted by molar-refractivity contribution is 0.104. The average molecular weight is 281 g/mol. The Labute approximate surface area is 127 Å². The second-order valence-corrected chi connectivity index (χ2v) is 5.63. The molecule has 0 fully saturated rings. The van der Waals surface area contributed by atoms with E-state index in [1.54, 1.807) is 6.20 Å². The molecule has 2 aliphatic carbocycles. The first-order chi connectivity index (χ1) is 10.8. The molecule has 2 heteroatoms. The first-order valence-corrected chi connectivity index (χ1v) is 7.28. The van der Waals surface area contributed by atoms with Crippen LogP contribution in [0.4, 0.5) is 0 Å². The highest BCUT2D eigenvalue weighted by atomic mass is 16.1. The Morgan fingerprint density at radius 1 is 0.773 bits per heavy atom. The van der Waals surface area contributed by atoms with Gasteiger partial charge in [0.05, 0.1) is 5.52 Å². The van der Waals surface area contributed by atoms with Gasteiger partial charge in [-0.2, -0.15) is 0 Å². The Balaban J connectivity index is 1.89. The van der Waals surface area contributed by atoms with Crippen LogP contribution in [0.1, 0.15) is 27.0 Å². The van der Waals surface area contributed by atoms with E-state index in [1.165, 1.54) is 0 Å². The van der Waals surface area contributed by atoms with E-state index in [1.807, 2.05) is 42.5 Å². The minimum atomic E-state index is 0.0938. The number of Topliss-reactive ketones (excluding diaryl/α,β-unsaturated/α-hetero) is 1. The topological polar surface area (TPSA) is 30.0 Å². The third-order valence-electron chi connectivity index (χ3n) is 4.43. The first-order valence-electron chi connectivity index (χ1n) is 7.28. The van der Waals surface area contributed by atoms with Crippen molar-refractivity contribution < 1.29 is 4.79 Å². The van der Waals surface area contributed by atoms with E-state index in [2.05, 4.69) is 23.2 Å². The molecule has 2 nitrogen and oxygen atoms in total. The number of allylic oxidation sites excluding steroid dienone is 2. The number of carbonyl (C=O) groups excluding carboxylic acids is 1. The molecule has 102 valence electrons. The van der Waals surface area contributed by atoms with Crippen LogP contribution in [0, 0.1) is 0 Å². The monoisotopic (exact) mass is 281 g/mol. The Hall–Kier alpha value is -3.00. The number of hydrogen-bond acceptors (Lipinski definition) is 2. The van der Waals surface area contributed by atoms with E-state index < -0.39 is 0 Å². The summed E-state index contributed by atoms with van der Waals surface area (Å²) in [5.74, 6) is 0.0938. The SMILES string of the molecule is O=C1C2=Cc3ccccc3C2=Cc2c1ccc1cccnc21. The first kappa shape index (κ1) is 11.6. The fourth-order valence-corrected chi connectivity index (χ4v) is 3.39. The summed E-state index contributed by atoms with van der Waals surface area (Å²) in [6.07, 6.45) is 5.89. The molecule has 0 atom stereocenters. The predicted octanol–water partition coefficient (Wildman–Crippen LogP) is 4.37. The van der Waals surface area contributed by atoms with Gasteiger partial charge in [-0.1, -0.05) is 36.4 Å². The number of pyridine rings is 1. The summed E-state index contributed by atoms with van der Waals surface area (Å²) in [5, 5.41) is 1.06. The molecule has 0 saturated heterocycles. The number of nitrogens with zero attached hydrogens (tertiary/aromatic N) is 1. The summed E-state index contributed by atoms with van der Waals surface area (Å²) < 4.78 is 0. The molecular weight excluding hydrogens is 270 g/mol. The van der Waals surface area contributed by atoms with Gasteiger partial charge in [-0.3, -0.25) is 9.78 Å². The third kappa shape index (κ3) is 1.39. The number of rotatable bonds is 0. The molecule has 0 radical (unpaired) electrons. The van der Waals surface area contributed by atoms with Crippen molar-refractivity contribution in [3.8, 4) is 0 Å². The number of ketones is 1. The van der Waals surface area contributed by atoms with Gasteiger partial charge < -0.3 is 0 Å². The van der Waals surface area contributed by atoms with Crippen molar-refractivity contribution >= 4 is 34.4 Å². The number of benzene rings is 2. The lowest BCUT2D eigenvalue weighted by Gasteiger charge is -2.17. The minimum Gasteiger partial charge on any atom is -0.289 e. The zero-order valence-electron chi connectivity index (χ0n) is 11.7. The van der Waals surface area contributed by atoms with Crippen LogP contribution in [-0.4, -0.2) is 10.8 Å². The van der Waals surface area contributed by atoms with Crippen LogP contribution < -0.4 is 0 Å². The summed E-state index contributed by atoms with van der Waals surface area (Å²) in [6, 6.07) is 16.0. The van der Waals surface area contributed by atoms with Crippen LogP contribution in [-0.2, 0) is 0 Å². The highest BCUT2D eigenvalue weighted by Crippen LogP contribution is 2.43. The molecule has 0 unspecified atom stereocenters. The lowest BCUT2D eigenvalue weighted by Crippen LogP contribution is -2.10. The standard InChI is InChI=1S/C20H11NO/c22-20-15-8-7-12-5-3-9-21-19(12)17(15)11-16-14-6-2-1-4-13(14)10-18(16)20/h1-11H. The molecule has 0 spiro atoms. The second kappa shape index (κ2) is 4.01. The smallest absolute Gasteiger partial charge is 0.194 e. The Bertz CT molecular complexity index is 1040. The van der Waals surface area contributed by atoms with Gasteiger partial charge in [0.1, 0.15) is 0 Å². The summed E-state index contributed by atoms with van der Waals surface area (Å²) >= 11 is 0. The van der Waals surface area contributed by atoms with E-state index >= 15 is 0 Å². The summed E-state index contributed by atoms with van der Waals surface area (Å²) in [4.78, 5) is 17.4. The fraction of sp³-hybridized carbons (Fsp3) is 0. The van der Waals surface area contributed by atoms with Crippen LogP contribution in [0.15, 0.2) is 60.3 Å². The van der Waals surface area contributed by atoms with Crippen LogP contribution in [0.3, 0.4) is 0 Å². The van der Waals surface area contributed by atoms with Gasteiger partial charge in [0.25, 0.3) is 0 Å². The number of carbonyl (C=O) groups is 1. The van der Waals surface area contributed by atoms with Gasteiger partial charge in [-0.25, -0.2) is 0 Å². The van der Waals surface area contributed by atoms with Gasteiger partial charge in [0.2, 0.25) is 0 Å². The minimum absolute atomic E-state index is 0.0938. The molecule has 0 N–H and O–H groups in total. The molecule has 0 amide bonds. The quantitative estimate of drug-likeness (QED) is 0.612. The molecule has 22 heavy (non-hydrogen) atoms. The van der Waals surface area contributed by atoms with E-state index in [0.717, 1.165) is 44.3 Å². The van der Waals surface area contributed by atoms with Crippen molar-refractivity contribution in [3.05, 3.63) is 82.6 Å². The van der Waals surface area contributed by atoms with Gasteiger partial charge in [-0.15, -0.1) is 0 Å². The van der Waals surface area contributed by atoms with Crippen LogP contribution in [0.2, 0.25) is 0 Å². The van der Waals surface area contributed by atoms with Crippen molar-refractivity contribution in [2.24, 2.45) is 0 Å². The number of hydrogen-bond donors (Lipinski definition) is 0. The maximum absolute atomic E-state index is 12.9. The third-order valence-corrected chi connectivity index (χ3v) is 4.43. The average Bonchev–Trinajstić information content (AvgIpc) is 2.94. The fourth-order valence-electron chi connectivity index (χ4n) is 3.39. The molecular formula is C20H11NO. The van der Waals surface area contributed by atoms with Crippen molar-refractivity contribution in [1.29, 1.82) is 0 Å². The van der Waals surface area contributed by atoms with E-state index in [9.17, 15) is 4.79 Å². The van der Waals surface area contributed by atoms with Crippen molar-refractivity contribution in [3.63, 3.8) is 0 Å². The number of fused-ring (bicyclic) bond motifs is 6. The van der Waals surface area contributed by atoms with Gasteiger partial charge >= 0.3 is 0 Å². The molecule has 3 aromatic rings. The Kier molecular flexibility index (Phi) is 2.12. The van der Waals surface area contributed by atoms with Gasteiger partial charge in [-0.05, 0) is 41.0 Å². The van der Waals surface area contributed by atoms with Crippen LogP contribution in [0.25, 0.3) is 28.6 Å². The Morgan fingerprint density at radius 3 is 2.64 bits per heavy atom. The maximum Gasteiger partial charge on any atom is 0.194 e. The largest absolute Gasteiger partial charge is 0.289 e. The van der Waals surface area contributed by atoms with Crippen LogP contribution >= 0.6 is 0 Å². The van der Waals surface area contributed by atoms with Crippen molar-refractivity contribution in [2.45, 2.75) is 0 Å². The molecule has 2 aliphatic rings. The molecule has 0 aliphatic heterocycles. The second-order valence-electron chi connectivity index (χ2n) is 5.63. The van der Waals surface area contributed by atoms with Crippen molar-refractivity contribution in [2.75, 3.05) is 0 Å². The van der Waals surface area contributed by atoms with E-state index in [-0.39, 0.29) is 5.78 Å². The van der Waals surface area contributed by atoms with Crippen molar-refractivity contribution in [1.82, 2.24) is 4.98 Å². The summed E-state index contributed by atoms with van der Waals surface area (Å²) in [7, 11) is 0. The molecule has 0 saturated carbocycles. The Morgan fingerprint density at radius 2 is 1.68 bits per heavy atom. The normalized spacial score (nSPS) is 15.0. The molecule has 0 bridgehead atoms. The highest BCUT2D eigenvalue weighted by Gasteiger charge is 2.30. The van der Waals surface area contributed by atoms with Crippen LogP contribution in [0.5, 0.6) is 0 Å². The van der Waals surface area contributed by atoms with Gasteiger partial charge in [0.15, 0.2) is 5.78 Å². The van der Waals surface area contributed by atoms with E-state index in [0.29, 0.717) is 0 Å². The zero-order valence-corrected chi connectivity index (χ0v) is 11.7.